The van der Waals surface area contributed by atoms with Crippen LogP contribution in [0.2, 0.25) is 0 Å². The first-order valence-electron chi connectivity index (χ1n) is 11.2. The van der Waals surface area contributed by atoms with Gasteiger partial charge in [-0.2, -0.15) is 0 Å². The number of quaternary nitrogens is 1. The van der Waals surface area contributed by atoms with Gasteiger partial charge in [0.2, 0.25) is 0 Å². The van der Waals surface area contributed by atoms with Crippen molar-refractivity contribution in [2.45, 2.75) is 96.7 Å². The fraction of sp³-hybridized carbons (Fsp3) is 0.952. The molecule has 2 fully saturated rings. The third kappa shape index (κ3) is 7.53. The van der Waals surface area contributed by atoms with Crippen LogP contribution in [-0.4, -0.2) is 49.0 Å². The predicted molar refractivity (Wildman–Crippen MR) is 102 cm³/mol. The van der Waals surface area contributed by atoms with Crippen LogP contribution in [0.15, 0.2) is 0 Å². The molecule has 154 valence electrons. The Bertz CT molecular complexity index is 411. The molecule has 0 aromatic heterocycles. The van der Waals surface area contributed by atoms with Crippen molar-refractivity contribution in [2.75, 3.05) is 26.2 Å². The Hall–Kier alpha value is -0.650. The summed E-state index contributed by atoms with van der Waals surface area (Å²) in [4.78, 5) is 13.2. The van der Waals surface area contributed by atoms with E-state index in [4.69, 9.17) is 6.11 Å². The van der Waals surface area contributed by atoms with Crippen LogP contribution in [0.5, 0.6) is 0 Å². The molecule has 5 nitrogen and oxygen atoms in total. The number of hydrogen-bond acceptors (Lipinski definition) is 4. The average Bonchev–Trinajstić information content (AvgIpc) is 2.93. The molecule has 1 aliphatic heterocycles. The molecule has 0 bridgehead atoms. The van der Waals surface area contributed by atoms with Crippen LogP contribution in [-0.2, 0) is 9.53 Å². The highest BCUT2D eigenvalue weighted by atomic mass is 16.5. The highest BCUT2D eigenvalue weighted by Gasteiger charge is 2.40. The van der Waals surface area contributed by atoms with Crippen molar-refractivity contribution in [3.8, 4) is 0 Å². The molecule has 26 heavy (non-hydrogen) atoms. The monoisotopic (exact) mass is 372 g/mol. The predicted octanol–water partition coefficient (Wildman–Crippen LogP) is 1.33. The van der Waals surface area contributed by atoms with Gasteiger partial charge in [0.15, 0.2) is 0 Å². The lowest BCUT2D eigenvalue weighted by atomic mass is 9.77. The van der Waals surface area contributed by atoms with Crippen LogP contribution >= 0.6 is 0 Å². The van der Waals surface area contributed by atoms with Gasteiger partial charge in [-0.25, -0.2) is 0 Å². The van der Waals surface area contributed by atoms with Gasteiger partial charge in [-0.05, 0) is 58.8 Å². The van der Waals surface area contributed by atoms with Crippen LogP contribution < -0.4 is 10.0 Å². The molecule has 1 saturated carbocycles. The van der Waals surface area contributed by atoms with E-state index in [1.807, 2.05) is 0 Å². The summed E-state index contributed by atoms with van der Waals surface area (Å²) in [6.45, 7) is 11.0. The van der Waals surface area contributed by atoms with Crippen molar-refractivity contribution >= 4 is 5.97 Å². The summed E-state index contributed by atoms with van der Waals surface area (Å²) in [7, 11) is 0. The largest absolute Gasteiger partial charge is 0.547 e. The Labute approximate surface area is 161 Å². The second kappa shape index (κ2) is 12.7. The maximum Gasteiger partial charge on any atom is 0.109 e. The number of aliphatic hydroxyl groups is 1. The van der Waals surface area contributed by atoms with Gasteiger partial charge in [-0.15, -0.1) is 0 Å². The van der Waals surface area contributed by atoms with Crippen molar-refractivity contribution in [1.82, 2.24) is 0 Å². The highest BCUT2D eigenvalue weighted by molar-refractivity contribution is 5.75. The van der Waals surface area contributed by atoms with E-state index in [2.05, 4.69) is 20.8 Å². The Balaban J connectivity index is 0.000000445. The Morgan fingerprint density at radius 2 is 1.62 bits per heavy atom. The van der Waals surface area contributed by atoms with Crippen molar-refractivity contribution in [3.05, 3.63) is 0 Å². The summed E-state index contributed by atoms with van der Waals surface area (Å²) >= 11 is 0. The van der Waals surface area contributed by atoms with Crippen molar-refractivity contribution in [1.29, 1.82) is 0 Å². The van der Waals surface area contributed by atoms with E-state index in [0.29, 0.717) is 25.9 Å². The molecule has 0 aromatic carbocycles. The first kappa shape index (κ1) is 21.6. The topological polar surface area (TPSA) is 74.0 Å². The number of ether oxygens (including phenoxy) is 1. The smallest absolute Gasteiger partial charge is 0.109 e. The second-order valence-corrected chi connectivity index (χ2v) is 7.73. The lowest BCUT2D eigenvalue weighted by Gasteiger charge is -2.40. The van der Waals surface area contributed by atoms with E-state index in [1.54, 1.807) is 4.90 Å². The molecule has 2 N–H and O–H groups in total. The maximum absolute atomic E-state index is 11.5. The van der Waals surface area contributed by atoms with E-state index < -0.39 is 17.7 Å². The molecule has 0 spiro atoms. The first-order valence-corrected chi connectivity index (χ1v) is 10.7. The standard InChI is InChI=1S/C15H26O4.C6H15N/c16-14(17)15(18,11-13-9-5-6-10-19-13)12-7-3-1-2-4-8-12;1-4-7(5-2)6-3/h12-13,18H,1-11H2,(H,16,17);4-6H2,1-3H3/i13D;. The highest BCUT2D eigenvalue weighted by Crippen LogP contribution is 2.36. The number of carboxylic acid groups (broad SMARTS) is 1. The fourth-order valence-corrected chi connectivity index (χ4v) is 4.04. The molecule has 2 rings (SSSR count). The average molecular weight is 373 g/mol. The van der Waals surface area contributed by atoms with Gasteiger partial charge >= 0.3 is 0 Å². The molecule has 2 aliphatic rings. The van der Waals surface area contributed by atoms with Crippen LogP contribution in [0.25, 0.3) is 0 Å². The number of hydrogen-bond donors (Lipinski definition) is 2. The van der Waals surface area contributed by atoms with E-state index in [0.717, 1.165) is 38.5 Å². The summed E-state index contributed by atoms with van der Waals surface area (Å²) < 4.78 is 13.7. The number of carbonyl (C=O) groups excluding carboxylic acids is 1. The number of carbonyl (C=O) groups is 1. The fourth-order valence-electron chi connectivity index (χ4n) is 4.04. The molecule has 1 aliphatic carbocycles. The van der Waals surface area contributed by atoms with Crippen molar-refractivity contribution in [2.24, 2.45) is 5.92 Å². The molecular weight excluding hydrogens is 330 g/mol. The zero-order chi connectivity index (χ0) is 20.3. The van der Waals surface area contributed by atoms with Crippen LogP contribution in [0.1, 0.15) is 86.4 Å². The molecule has 0 aromatic rings. The summed E-state index contributed by atoms with van der Waals surface area (Å²) in [5.41, 5.74) is -1.93. The normalized spacial score (nSPS) is 27.7. The minimum atomic E-state index is -1.93. The van der Waals surface area contributed by atoms with Gasteiger partial charge in [-0.3, -0.25) is 0 Å². The van der Waals surface area contributed by atoms with Crippen molar-refractivity contribution < 1.29 is 26.0 Å². The van der Waals surface area contributed by atoms with Gasteiger partial charge < -0.3 is 24.6 Å². The lowest BCUT2D eigenvalue weighted by Crippen LogP contribution is -3.11. The molecule has 0 amide bonds. The van der Waals surface area contributed by atoms with E-state index in [1.165, 1.54) is 19.6 Å². The summed E-state index contributed by atoms with van der Waals surface area (Å²) in [6.07, 6.45) is 6.20. The van der Waals surface area contributed by atoms with Crippen LogP contribution in [0, 0.1) is 5.92 Å². The van der Waals surface area contributed by atoms with Crippen LogP contribution in [0.4, 0.5) is 0 Å². The third-order valence-corrected chi connectivity index (χ3v) is 6.01. The van der Waals surface area contributed by atoms with Gasteiger partial charge in [0.1, 0.15) is 5.60 Å². The Kier molecular flexibility index (Phi) is 10.6. The zero-order valence-electron chi connectivity index (χ0n) is 18.1. The summed E-state index contributed by atoms with van der Waals surface area (Å²) in [5.74, 6) is -1.76. The Morgan fingerprint density at radius 3 is 2.00 bits per heavy atom. The Morgan fingerprint density at radius 1 is 1.08 bits per heavy atom. The molecule has 0 radical (unpaired) electrons. The minimum Gasteiger partial charge on any atom is -0.547 e. The van der Waals surface area contributed by atoms with Crippen LogP contribution in [0.3, 0.4) is 0 Å². The van der Waals surface area contributed by atoms with E-state index in [9.17, 15) is 15.0 Å². The first-order chi connectivity index (χ1) is 12.8. The molecular formula is C21H41NO4. The van der Waals surface area contributed by atoms with E-state index in [-0.39, 0.29) is 12.3 Å². The minimum absolute atomic E-state index is 0.174. The number of rotatable bonds is 7. The van der Waals surface area contributed by atoms with Crippen molar-refractivity contribution in [3.63, 3.8) is 0 Å². The number of carboxylic acids is 1. The molecule has 2 atom stereocenters. The number of aliphatic carboxylic acids is 1. The molecule has 1 saturated heterocycles. The van der Waals surface area contributed by atoms with Gasteiger partial charge in [0, 0.05) is 13.0 Å². The molecule has 5 heteroatoms. The number of nitrogens with one attached hydrogen (secondary N) is 1. The van der Waals surface area contributed by atoms with Gasteiger partial charge in [0.25, 0.3) is 0 Å². The lowest BCUT2D eigenvalue weighted by molar-refractivity contribution is -0.894. The maximum atomic E-state index is 11.5. The SMILES string of the molecule is CC[NH+](CC)CC.[2H]C1(CC(O)(C(=O)[O-])C2CCCCCC2)CCCCO1. The molecule has 1 heterocycles. The van der Waals surface area contributed by atoms with E-state index >= 15 is 0 Å². The summed E-state index contributed by atoms with van der Waals surface area (Å²) in [5, 5.41) is 22.2. The van der Waals surface area contributed by atoms with Gasteiger partial charge in [-0.1, -0.05) is 25.7 Å². The quantitative estimate of drug-likeness (QED) is 0.661. The summed E-state index contributed by atoms with van der Waals surface area (Å²) in [6, 6.07) is 0. The third-order valence-electron chi connectivity index (χ3n) is 6.01. The second-order valence-electron chi connectivity index (χ2n) is 7.73. The van der Waals surface area contributed by atoms with Gasteiger partial charge in [0.05, 0.1) is 33.1 Å². The molecule has 2 unspecified atom stereocenters. The zero-order valence-corrected chi connectivity index (χ0v) is 17.1.